The average molecular weight is 327 g/mol. The van der Waals surface area contributed by atoms with E-state index in [0.717, 1.165) is 17.4 Å². The molecule has 0 aliphatic heterocycles. The summed E-state index contributed by atoms with van der Waals surface area (Å²) in [5.74, 6) is 0. The highest BCUT2D eigenvalue weighted by molar-refractivity contribution is 7.91. The lowest BCUT2D eigenvalue weighted by molar-refractivity contribution is -0.385. The van der Waals surface area contributed by atoms with Gasteiger partial charge in [-0.1, -0.05) is 6.07 Å². The zero-order valence-corrected chi connectivity index (χ0v) is 12.9. The van der Waals surface area contributed by atoms with Crippen LogP contribution in [0.5, 0.6) is 0 Å². The molecule has 0 aromatic carbocycles. The third-order valence-corrected chi connectivity index (χ3v) is 5.90. The maximum absolute atomic E-state index is 12.3. The van der Waals surface area contributed by atoms with Gasteiger partial charge in [-0.25, -0.2) is 13.1 Å². The molecule has 112 valence electrons. The Bertz CT molecular complexity index is 756. The number of aryl methyl sites for hydroxylation is 1. The first kappa shape index (κ1) is 15.5. The van der Waals surface area contributed by atoms with Crippen molar-refractivity contribution in [2.45, 2.75) is 24.1 Å². The average Bonchev–Trinajstić information content (AvgIpc) is 2.82. The van der Waals surface area contributed by atoms with Gasteiger partial charge >= 0.3 is 0 Å². The SMILES string of the molecule is Cc1sc(S(=O)(=O)N[C@@H](C)c2cccnc2)cc1[N+](=O)[O-]. The van der Waals surface area contributed by atoms with Crippen LogP contribution in [0.15, 0.2) is 34.8 Å². The summed E-state index contributed by atoms with van der Waals surface area (Å²) in [5, 5.41) is 10.8. The van der Waals surface area contributed by atoms with Crippen molar-refractivity contribution in [3.8, 4) is 0 Å². The summed E-state index contributed by atoms with van der Waals surface area (Å²) in [6, 6.07) is 4.06. The lowest BCUT2D eigenvalue weighted by atomic mass is 10.2. The second kappa shape index (κ2) is 5.88. The van der Waals surface area contributed by atoms with Gasteiger partial charge < -0.3 is 0 Å². The minimum absolute atomic E-state index is 0.0672. The quantitative estimate of drug-likeness (QED) is 0.671. The number of sulfonamides is 1. The molecular formula is C12H13N3O4S2. The van der Waals surface area contributed by atoms with E-state index in [1.165, 1.54) is 6.92 Å². The van der Waals surface area contributed by atoms with E-state index >= 15 is 0 Å². The molecule has 1 atom stereocenters. The van der Waals surface area contributed by atoms with Crippen LogP contribution >= 0.6 is 11.3 Å². The van der Waals surface area contributed by atoms with Gasteiger partial charge in [0.2, 0.25) is 0 Å². The van der Waals surface area contributed by atoms with E-state index in [2.05, 4.69) is 9.71 Å². The van der Waals surface area contributed by atoms with E-state index in [1.54, 1.807) is 31.5 Å². The maximum atomic E-state index is 12.3. The fourth-order valence-corrected chi connectivity index (χ4v) is 4.40. The minimum Gasteiger partial charge on any atom is -0.264 e. The maximum Gasteiger partial charge on any atom is 0.284 e. The van der Waals surface area contributed by atoms with Crippen molar-refractivity contribution in [3.63, 3.8) is 0 Å². The van der Waals surface area contributed by atoms with Crippen LogP contribution in [0.1, 0.15) is 23.4 Å². The first-order chi connectivity index (χ1) is 9.81. The van der Waals surface area contributed by atoms with Gasteiger partial charge in [-0.05, 0) is 25.5 Å². The molecule has 0 saturated carbocycles. The molecule has 1 N–H and O–H groups in total. The molecule has 9 heteroatoms. The summed E-state index contributed by atoms with van der Waals surface area (Å²) < 4.78 is 26.9. The Kier molecular flexibility index (Phi) is 4.35. The molecule has 2 aromatic heterocycles. The van der Waals surface area contributed by atoms with E-state index in [0.29, 0.717) is 10.4 Å². The third-order valence-electron chi connectivity index (χ3n) is 2.85. The number of nitro groups is 1. The fraction of sp³-hybridized carbons (Fsp3) is 0.250. The van der Waals surface area contributed by atoms with E-state index < -0.39 is 21.0 Å². The molecule has 2 aromatic rings. The predicted molar refractivity (Wildman–Crippen MR) is 78.7 cm³/mol. The zero-order chi connectivity index (χ0) is 15.6. The van der Waals surface area contributed by atoms with Crippen LogP contribution in [0.3, 0.4) is 0 Å². The molecule has 0 unspecified atom stereocenters. The van der Waals surface area contributed by atoms with E-state index in [4.69, 9.17) is 0 Å². The molecule has 0 amide bonds. The molecule has 0 fully saturated rings. The molecule has 0 radical (unpaired) electrons. The van der Waals surface area contributed by atoms with Crippen LogP contribution in [-0.2, 0) is 10.0 Å². The van der Waals surface area contributed by atoms with Crippen molar-refractivity contribution < 1.29 is 13.3 Å². The summed E-state index contributed by atoms with van der Waals surface area (Å²) in [7, 11) is -3.81. The minimum atomic E-state index is -3.81. The summed E-state index contributed by atoms with van der Waals surface area (Å²) in [6.07, 6.45) is 3.16. The Morgan fingerprint density at radius 2 is 2.19 bits per heavy atom. The van der Waals surface area contributed by atoms with Crippen LogP contribution in [0.25, 0.3) is 0 Å². The van der Waals surface area contributed by atoms with Crippen LogP contribution in [0.2, 0.25) is 0 Å². The topological polar surface area (TPSA) is 102 Å². The lowest BCUT2D eigenvalue weighted by Crippen LogP contribution is -2.26. The van der Waals surface area contributed by atoms with Gasteiger partial charge in [0.15, 0.2) is 0 Å². The Morgan fingerprint density at radius 3 is 2.71 bits per heavy atom. The Labute approximate surface area is 125 Å². The van der Waals surface area contributed by atoms with Crippen molar-refractivity contribution in [1.82, 2.24) is 9.71 Å². The third kappa shape index (κ3) is 3.43. The molecule has 0 saturated heterocycles. The van der Waals surface area contributed by atoms with Gasteiger partial charge in [0, 0.05) is 24.5 Å². The molecule has 7 nitrogen and oxygen atoms in total. The Morgan fingerprint density at radius 1 is 1.48 bits per heavy atom. The van der Waals surface area contributed by atoms with Gasteiger partial charge in [-0.15, -0.1) is 11.3 Å². The van der Waals surface area contributed by atoms with E-state index in [9.17, 15) is 18.5 Å². The van der Waals surface area contributed by atoms with Gasteiger partial charge in [-0.2, -0.15) is 0 Å². The van der Waals surface area contributed by atoms with Crippen molar-refractivity contribution in [2.75, 3.05) is 0 Å². The number of hydrogen-bond donors (Lipinski definition) is 1. The van der Waals surface area contributed by atoms with Crippen LogP contribution < -0.4 is 4.72 Å². The van der Waals surface area contributed by atoms with Crippen LogP contribution in [0.4, 0.5) is 5.69 Å². The van der Waals surface area contributed by atoms with E-state index in [-0.39, 0.29) is 9.90 Å². The van der Waals surface area contributed by atoms with Crippen molar-refractivity contribution in [3.05, 3.63) is 51.1 Å². The van der Waals surface area contributed by atoms with E-state index in [1.807, 2.05) is 0 Å². The number of hydrogen-bond acceptors (Lipinski definition) is 6. The molecule has 0 bridgehead atoms. The summed E-state index contributed by atoms with van der Waals surface area (Å²) in [4.78, 5) is 14.5. The van der Waals surface area contributed by atoms with Crippen molar-refractivity contribution in [1.29, 1.82) is 0 Å². The molecule has 2 rings (SSSR count). The molecular weight excluding hydrogens is 314 g/mol. The highest BCUT2D eigenvalue weighted by atomic mass is 32.2. The fourth-order valence-electron chi connectivity index (χ4n) is 1.75. The first-order valence-corrected chi connectivity index (χ1v) is 8.28. The Balaban J connectivity index is 2.27. The number of nitrogens with zero attached hydrogens (tertiary/aromatic N) is 2. The molecule has 0 aliphatic rings. The number of nitrogens with one attached hydrogen (secondary N) is 1. The van der Waals surface area contributed by atoms with Gasteiger partial charge in [0.1, 0.15) is 4.21 Å². The highest BCUT2D eigenvalue weighted by Crippen LogP contribution is 2.31. The molecule has 2 heterocycles. The zero-order valence-electron chi connectivity index (χ0n) is 11.3. The summed E-state index contributed by atoms with van der Waals surface area (Å²) >= 11 is 0.879. The first-order valence-electron chi connectivity index (χ1n) is 5.98. The van der Waals surface area contributed by atoms with Crippen molar-refractivity contribution >= 4 is 27.0 Å². The molecule has 0 spiro atoms. The van der Waals surface area contributed by atoms with Crippen LogP contribution in [0, 0.1) is 17.0 Å². The van der Waals surface area contributed by atoms with Crippen molar-refractivity contribution in [2.24, 2.45) is 0 Å². The number of rotatable bonds is 5. The van der Waals surface area contributed by atoms with Gasteiger partial charge in [0.25, 0.3) is 15.7 Å². The highest BCUT2D eigenvalue weighted by Gasteiger charge is 2.25. The summed E-state index contributed by atoms with van der Waals surface area (Å²) in [5.41, 5.74) is 0.526. The molecule has 0 aliphatic carbocycles. The smallest absolute Gasteiger partial charge is 0.264 e. The molecule has 21 heavy (non-hydrogen) atoms. The number of aromatic nitrogens is 1. The van der Waals surface area contributed by atoms with Gasteiger partial charge in [0.05, 0.1) is 9.80 Å². The number of pyridine rings is 1. The number of thiophene rings is 1. The summed E-state index contributed by atoms with van der Waals surface area (Å²) in [6.45, 7) is 3.20. The Hall–Kier alpha value is -1.84. The second-order valence-corrected chi connectivity index (χ2v) is 7.59. The second-order valence-electron chi connectivity index (χ2n) is 4.39. The lowest BCUT2D eigenvalue weighted by Gasteiger charge is -2.12. The van der Waals surface area contributed by atoms with Gasteiger partial charge in [-0.3, -0.25) is 15.1 Å². The van der Waals surface area contributed by atoms with Crippen LogP contribution in [-0.4, -0.2) is 18.3 Å². The standard InChI is InChI=1S/C12H13N3O4S2/c1-8(10-4-3-5-13-7-10)14-21(18,19)12-6-11(15(16)17)9(2)20-12/h3-8,14H,1-2H3/t8-/m0/s1. The predicted octanol–water partition coefficient (Wildman–Crippen LogP) is 2.40. The largest absolute Gasteiger partial charge is 0.284 e. The monoisotopic (exact) mass is 327 g/mol. The normalized spacial score (nSPS) is 13.0.